The number of aryl methyl sites for hydroxylation is 2. The summed E-state index contributed by atoms with van der Waals surface area (Å²) in [7, 11) is 3.68. The molecule has 2 N–H and O–H groups in total. The third-order valence-electron chi connectivity index (χ3n) is 8.67. The van der Waals surface area contributed by atoms with E-state index >= 15 is 0 Å². The number of nitrogens with zero attached hydrogens (tertiary/aromatic N) is 6. The highest BCUT2D eigenvalue weighted by Gasteiger charge is 2.34. The van der Waals surface area contributed by atoms with E-state index in [1.54, 1.807) is 37.7 Å². The number of aromatic nitrogens is 4. The molecular formula is C37H39F3N8O2. The number of pyridine rings is 1. The molecule has 50 heavy (non-hydrogen) atoms. The number of hydrogen-bond acceptors (Lipinski definition) is 7. The number of benzene rings is 2. The van der Waals surface area contributed by atoms with Gasteiger partial charge in [0.2, 0.25) is 0 Å². The number of hydrogen-bond donors (Lipinski definition) is 2. The fraction of sp³-hybridized carbons (Fsp3) is 0.324. The summed E-state index contributed by atoms with van der Waals surface area (Å²) in [6.45, 7) is 6.49. The maximum Gasteiger partial charge on any atom is 0.416 e. The molecule has 1 amide bonds. The average Bonchev–Trinajstić information content (AvgIpc) is 3.73. The summed E-state index contributed by atoms with van der Waals surface area (Å²) >= 11 is 0. The van der Waals surface area contributed by atoms with Crippen molar-refractivity contribution in [1.82, 2.24) is 29.0 Å². The van der Waals surface area contributed by atoms with Crippen molar-refractivity contribution in [2.45, 2.75) is 32.6 Å². The second-order valence-electron chi connectivity index (χ2n) is 12.4. The van der Waals surface area contributed by atoms with Crippen LogP contribution in [0.4, 0.5) is 30.2 Å². The minimum Gasteiger partial charge on any atom is -0.385 e. The van der Waals surface area contributed by atoms with Crippen molar-refractivity contribution in [1.29, 1.82) is 0 Å². The molecule has 0 spiro atoms. The van der Waals surface area contributed by atoms with Crippen molar-refractivity contribution < 1.29 is 22.7 Å². The van der Waals surface area contributed by atoms with Gasteiger partial charge in [-0.25, -0.2) is 4.98 Å². The van der Waals surface area contributed by atoms with Crippen LogP contribution in [-0.4, -0.2) is 81.8 Å². The molecular weight excluding hydrogens is 645 g/mol. The second kappa shape index (κ2) is 15.2. The minimum absolute atomic E-state index is 0.0752. The average molecular weight is 685 g/mol. The SMILES string of the molecule is COCCCn1cc(Nc2cccn3c(C#Cc4cc(C(=O)Nc5ccc(CN6CCN(C)CC6)c(C(F)(F)F)c5)ccc4C)cnc23)cn1. The molecule has 0 aliphatic carbocycles. The number of ether oxygens (including phenoxy) is 1. The highest BCUT2D eigenvalue weighted by molar-refractivity contribution is 6.04. The first-order valence-corrected chi connectivity index (χ1v) is 16.4. The van der Waals surface area contributed by atoms with Crippen LogP contribution in [0.15, 0.2) is 73.3 Å². The number of piperazine rings is 1. The smallest absolute Gasteiger partial charge is 0.385 e. The predicted molar refractivity (Wildman–Crippen MR) is 187 cm³/mol. The third-order valence-corrected chi connectivity index (χ3v) is 8.67. The highest BCUT2D eigenvalue weighted by Crippen LogP contribution is 2.35. The normalized spacial score (nSPS) is 14.0. The fourth-order valence-electron chi connectivity index (χ4n) is 5.81. The Hall–Kier alpha value is -5.16. The summed E-state index contributed by atoms with van der Waals surface area (Å²) in [6.07, 6.45) is 3.53. The number of carbonyl (C=O) groups is 1. The summed E-state index contributed by atoms with van der Waals surface area (Å²) in [5, 5.41) is 10.4. The lowest BCUT2D eigenvalue weighted by molar-refractivity contribution is -0.138. The first-order valence-electron chi connectivity index (χ1n) is 16.4. The van der Waals surface area contributed by atoms with Gasteiger partial charge in [-0.1, -0.05) is 18.1 Å². The standard InChI is InChI=1S/C37H39F3N8O2/c1-26-7-8-28(36(49)44-30-11-9-29(33(21-30)37(38,39)40)24-46-17-15-45(2)16-18-46)20-27(26)10-12-32-23-41-35-34(6-4-14-48(32)35)43-31-22-42-47(25-31)13-5-19-50-3/h4,6-9,11,14,20-23,25,43H,5,13,15-19,24H2,1-3H3,(H,44,49). The van der Waals surface area contributed by atoms with Crippen molar-refractivity contribution in [3.05, 3.63) is 107 Å². The van der Waals surface area contributed by atoms with Crippen LogP contribution >= 0.6 is 0 Å². The van der Waals surface area contributed by atoms with Gasteiger partial charge >= 0.3 is 6.18 Å². The molecule has 4 heterocycles. The number of alkyl halides is 3. The lowest BCUT2D eigenvalue weighted by Crippen LogP contribution is -2.44. The van der Waals surface area contributed by atoms with Crippen LogP contribution in [0.3, 0.4) is 0 Å². The number of rotatable bonds is 10. The first-order chi connectivity index (χ1) is 24.1. The molecule has 0 atom stereocenters. The van der Waals surface area contributed by atoms with Gasteiger partial charge in [0.25, 0.3) is 5.91 Å². The molecule has 0 radical (unpaired) electrons. The number of imidazole rings is 1. The molecule has 260 valence electrons. The largest absolute Gasteiger partial charge is 0.416 e. The molecule has 3 aromatic heterocycles. The number of amides is 1. The molecule has 1 aliphatic heterocycles. The van der Waals surface area contributed by atoms with Crippen LogP contribution in [0.5, 0.6) is 0 Å². The minimum atomic E-state index is -4.56. The maximum atomic E-state index is 14.1. The Labute approximate surface area is 288 Å². The van der Waals surface area contributed by atoms with E-state index in [1.165, 1.54) is 12.1 Å². The van der Waals surface area contributed by atoms with Gasteiger partial charge in [0.15, 0.2) is 5.65 Å². The van der Waals surface area contributed by atoms with E-state index in [4.69, 9.17) is 4.74 Å². The van der Waals surface area contributed by atoms with Crippen molar-refractivity contribution >= 4 is 28.6 Å². The molecule has 6 rings (SSSR count). The summed E-state index contributed by atoms with van der Waals surface area (Å²) in [4.78, 5) is 22.0. The van der Waals surface area contributed by atoms with Gasteiger partial charge in [-0.15, -0.1) is 0 Å². The van der Waals surface area contributed by atoms with Gasteiger partial charge in [-0.3, -0.25) is 18.8 Å². The molecule has 1 saturated heterocycles. The fourth-order valence-corrected chi connectivity index (χ4v) is 5.81. The molecule has 0 bridgehead atoms. The van der Waals surface area contributed by atoms with Crippen LogP contribution in [0.25, 0.3) is 5.65 Å². The Morgan fingerprint density at radius 2 is 1.84 bits per heavy atom. The summed E-state index contributed by atoms with van der Waals surface area (Å²) in [5.74, 6) is 5.78. The number of carbonyl (C=O) groups excluding carboxylic acids is 1. The summed E-state index contributed by atoms with van der Waals surface area (Å²) in [6, 6.07) is 12.9. The van der Waals surface area contributed by atoms with Crippen LogP contribution < -0.4 is 10.6 Å². The van der Waals surface area contributed by atoms with Crippen LogP contribution in [0, 0.1) is 18.8 Å². The van der Waals surface area contributed by atoms with Crippen LogP contribution in [0.1, 0.15) is 44.7 Å². The first kappa shape index (κ1) is 34.7. The van der Waals surface area contributed by atoms with E-state index in [9.17, 15) is 18.0 Å². The van der Waals surface area contributed by atoms with Gasteiger partial charge < -0.3 is 20.3 Å². The van der Waals surface area contributed by atoms with Crippen LogP contribution in [-0.2, 0) is 24.0 Å². The Kier molecular flexibility index (Phi) is 10.5. The van der Waals surface area contributed by atoms with Crippen molar-refractivity contribution in [3.63, 3.8) is 0 Å². The summed E-state index contributed by atoms with van der Waals surface area (Å²) in [5.41, 5.74) is 4.19. The topological polar surface area (TPSA) is 92.0 Å². The molecule has 10 nitrogen and oxygen atoms in total. The van der Waals surface area contributed by atoms with Crippen LogP contribution in [0.2, 0.25) is 0 Å². The molecule has 0 unspecified atom stereocenters. The number of nitrogens with one attached hydrogen (secondary N) is 2. The number of anilines is 3. The summed E-state index contributed by atoms with van der Waals surface area (Å²) < 4.78 is 51.1. The molecule has 13 heteroatoms. The molecule has 1 fully saturated rings. The van der Waals surface area contributed by atoms with E-state index < -0.39 is 17.6 Å². The zero-order chi connectivity index (χ0) is 35.3. The molecule has 2 aromatic carbocycles. The van der Waals surface area contributed by atoms with Gasteiger partial charge in [-0.2, -0.15) is 18.3 Å². The van der Waals surface area contributed by atoms with E-state index in [0.29, 0.717) is 36.6 Å². The molecule has 5 aromatic rings. The van der Waals surface area contributed by atoms with E-state index in [0.717, 1.165) is 49.1 Å². The lowest BCUT2D eigenvalue weighted by atomic mass is 10.0. The van der Waals surface area contributed by atoms with Gasteiger partial charge in [0, 0.05) is 82.2 Å². The Bertz CT molecular complexity index is 2030. The van der Waals surface area contributed by atoms with Crippen molar-refractivity contribution in [3.8, 4) is 11.8 Å². The Balaban J connectivity index is 1.17. The Morgan fingerprint density at radius 3 is 2.62 bits per heavy atom. The second-order valence-corrected chi connectivity index (χ2v) is 12.4. The van der Waals surface area contributed by atoms with Gasteiger partial charge in [0.1, 0.15) is 5.69 Å². The van der Waals surface area contributed by atoms with Crippen molar-refractivity contribution in [2.24, 2.45) is 0 Å². The maximum absolute atomic E-state index is 14.1. The van der Waals surface area contributed by atoms with Crippen molar-refractivity contribution in [2.75, 3.05) is 57.6 Å². The Morgan fingerprint density at radius 1 is 1.02 bits per heavy atom. The monoisotopic (exact) mass is 684 g/mol. The zero-order valence-electron chi connectivity index (χ0n) is 28.2. The number of methoxy groups -OCH3 is 1. The zero-order valence-corrected chi connectivity index (χ0v) is 28.2. The molecule has 1 aliphatic rings. The molecule has 0 saturated carbocycles. The number of halogens is 3. The van der Waals surface area contributed by atoms with E-state index in [1.807, 2.05) is 52.5 Å². The van der Waals surface area contributed by atoms with Gasteiger partial charge in [0.05, 0.1) is 29.3 Å². The predicted octanol–water partition coefficient (Wildman–Crippen LogP) is 6.04. The van der Waals surface area contributed by atoms with E-state index in [-0.39, 0.29) is 23.4 Å². The number of likely N-dealkylation sites (N-methyl/N-ethyl adjacent to an activating group) is 1. The highest BCUT2D eigenvalue weighted by atomic mass is 19.4. The third kappa shape index (κ3) is 8.34. The quantitative estimate of drug-likeness (QED) is 0.137. The van der Waals surface area contributed by atoms with Gasteiger partial charge in [-0.05, 0) is 73.8 Å². The number of fused-ring (bicyclic) bond motifs is 1. The van der Waals surface area contributed by atoms with E-state index in [2.05, 4.69) is 37.5 Å². The lowest BCUT2D eigenvalue weighted by Gasteiger charge is -2.33.